The molecule has 1 aromatic heterocycles. The minimum atomic E-state index is -0.859. The molecule has 0 saturated carbocycles. The summed E-state index contributed by atoms with van der Waals surface area (Å²) in [5.74, 6) is 0.459. The van der Waals surface area contributed by atoms with Gasteiger partial charge in [0.2, 0.25) is 5.88 Å². The summed E-state index contributed by atoms with van der Waals surface area (Å²) in [5.41, 5.74) is 5.77. The molecule has 0 aliphatic carbocycles. The van der Waals surface area contributed by atoms with Gasteiger partial charge in [0.25, 0.3) is 0 Å². The third-order valence-electron chi connectivity index (χ3n) is 4.94. The van der Waals surface area contributed by atoms with Crippen molar-refractivity contribution < 1.29 is 19.4 Å². The van der Waals surface area contributed by atoms with E-state index in [0.29, 0.717) is 24.8 Å². The summed E-state index contributed by atoms with van der Waals surface area (Å²) in [6.45, 7) is 6.09. The maximum absolute atomic E-state index is 11.2. The van der Waals surface area contributed by atoms with Gasteiger partial charge < -0.3 is 19.9 Å². The lowest BCUT2D eigenvalue weighted by atomic mass is 9.93. The number of hydrogen-bond acceptors (Lipinski definition) is 5. The molecule has 6 heteroatoms. The lowest BCUT2D eigenvalue weighted by molar-refractivity contribution is -0.136. The van der Waals surface area contributed by atoms with Gasteiger partial charge in [-0.3, -0.25) is 4.79 Å². The number of carboxylic acid groups (broad SMARTS) is 1. The van der Waals surface area contributed by atoms with Crippen LogP contribution in [0.1, 0.15) is 25.0 Å². The first-order valence-corrected chi connectivity index (χ1v) is 10.4. The largest absolute Gasteiger partial charge is 0.496 e. The molecule has 0 amide bonds. The number of benzene rings is 2. The van der Waals surface area contributed by atoms with Crippen molar-refractivity contribution in [3.63, 3.8) is 0 Å². The smallest absolute Gasteiger partial charge is 0.307 e. The van der Waals surface area contributed by atoms with Gasteiger partial charge in [-0.25, -0.2) is 4.98 Å². The quantitative estimate of drug-likeness (QED) is 0.500. The zero-order chi connectivity index (χ0) is 22.2. The van der Waals surface area contributed by atoms with E-state index in [9.17, 15) is 9.90 Å². The van der Waals surface area contributed by atoms with Crippen LogP contribution in [-0.2, 0) is 17.8 Å². The van der Waals surface area contributed by atoms with Crippen LogP contribution in [0.25, 0.3) is 22.3 Å². The highest BCUT2D eigenvalue weighted by Gasteiger charge is 2.14. The second-order valence-electron chi connectivity index (χ2n) is 7.08. The van der Waals surface area contributed by atoms with E-state index in [1.54, 1.807) is 13.2 Å². The molecule has 0 atom stereocenters. The maximum Gasteiger partial charge on any atom is 0.307 e. The second-order valence-corrected chi connectivity index (χ2v) is 7.08. The van der Waals surface area contributed by atoms with Crippen LogP contribution in [-0.4, -0.2) is 36.3 Å². The van der Waals surface area contributed by atoms with Gasteiger partial charge in [-0.2, -0.15) is 0 Å². The second kappa shape index (κ2) is 10.6. The summed E-state index contributed by atoms with van der Waals surface area (Å²) in [7, 11) is 1.62. The van der Waals surface area contributed by atoms with Crippen molar-refractivity contribution in [1.82, 2.24) is 10.3 Å². The highest BCUT2D eigenvalue weighted by Crippen LogP contribution is 2.35. The fourth-order valence-electron chi connectivity index (χ4n) is 3.48. The van der Waals surface area contributed by atoms with Crippen LogP contribution in [0.3, 0.4) is 0 Å². The summed E-state index contributed by atoms with van der Waals surface area (Å²) in [5, 5.41) is 12.6. The van der Waals surface area contributed by atoms with Gasteiger partial charge in [-0.15, -0.1) is 0 Å². The molecule has 3 aromatic rings. The van der Waals surface area contributed by atoms with E-state index in [-0.39, 0.29) is 6.42 Å². The first-order chi connectivity index (χ1) is 15.0. The van der Waals surface area contributed by atoms with E-state index in [1.165, 1.54) is 0 Å². The van der Waals surface area contributed by atoms with E-state index in [1.807, 2.05) is 43.5 Å². The van der Waals surface area contributed by atoms with E-state index < -0.39 is 5.97 Å². The number of aromatic nitrogens is 1. The number of nitrogens with one attached hydrogen (secondary N) is 1. The Labute approximate surface area is 182 Å². The summed E-state index contributed by atoms with van der Waals surface area (Å²) < 4.78 is 11.0. The molecule has 3 rings (SSSR count). The van der Waals surface area contributed by atoms with Crippen molar-refractivity contribution in [1.29, 1.82) is 0 Å². The zero-order valence-electron chi connectivity index (χ0n) is 18.1. The highest BCUT2D eigenvalue weighted by atomic mass is 16.5. The SMILES string of the molecule is CCNCc1cc(-c2ccc(OCC)nc2)ccc1-c1cc(CC(=O)O)ccc1OC. The Morgan fingerprint density at radius 1 is 1.03 bits per heavy atom. The van der Waals surface area contributed by atoms with Crippen LogP contribution in [0.4, 0.5) is 0 Å². The molecular weight excluding hydrogens is 392 g/mol. The molecule has 6 nitrogen and oxygen atoms in total. The molecule has 0 aliphatic heterocycles. The van der Waals surface area contributed by atoms with Gasteiger partial charge >= 0.3 is 5.97 Å². The molecule has 0 unspecified atom stereocenters. The molecule has 2 aromatic carbocycles. The summed E-state index contributed by atoms with van der Waals surface area (Å²) in [4.78, 5) is 15.6. The van der Waals surface area contributed by atoms with Gasteiger partial charge in [0.1, 0.15) is 5.75 Å². The molecule has 0 bridgehead atoms. The van der Waals surface area contributed by atoms with Crippen molar-refractivity contribution in [2.75, 3.05) is 20.3 Å². The van der Waals surface area contributed by atoms with E-state index in [4.69, 9.17) is 9.47 Å². The lowest BCUT2D eigenvalue weighted by Gasteiger charge is -2.16. The third-order valence-corrected chi connectivity index (χ3v) is 4.94. The van der Waals surface area contributed by atoms with Gasteiger partial charge in [0.15, 0.2) is 0 Å². The van der Waals surface area contributed by atoms with Crippen LogP contribution in [0, 0.1) is 0 Å². The number of carbonyl (C=O) groups is 1. The van der Waals surface area contributed by atoms with Crippen LogP contribution in [0.15, 0.2) is 54.7 Å². The molecule has 2 N–H and O–H groups in total. The van der Waals surface area contributed by atoms with Gasteiger partial charge in [-0.05, 0) is 60.0 Å². The molecule has 1 heterocycles. The average Bonchev–Trinajstić information content (AvgIpc) is 2.78. The summed E-state index contributed by atoms with van der Waals surface area (Å²) in [6.07, 6.45) is 1.78. The zero-order valence-corrected chi connectivity index (χ0v) is 18.1. The fraction of sp³-hybridized carbons (Fsp3) is 0.280. The summed E-state index contributed by atoms with van der Waals surface area (Å²) >= 11 is 0. The normalized spacial score (nSPS) is 10.7. The molecule has 0 saturated heterocycles. The van der Waals surface area contributed by atoms with Crippen molar-refractivity contribution >= 4 is 5.97 Å². The average molecular weight is 421 g/mol. The molecular formula is C25H28N2O4. The Kier molecular flexibility index (Phi) is 7.62. The number of aliphatic carboxylic acids is 1. The standard InChI is InChI=1S/C25H28N2O4/c1-4-26-15-20-14-18(19-8-11-24(27-16-19)31-5-2)7-9-21(20)22-12-17(13-25(28)29)6-10-23(22)30-3/h6-12,14,16,26H,4-5,13,15H2,1-3H3,(H,28,29). The van der Waals surface area contributed by atoms with Crippen molar-refractivity contribution in [2.24, 2.45) is 0 Å². The first-order valence-electron chi connectivity index (χ1n) is 10.4. The van der Waals surface area contributed by atoms with Crippen LogP contribution in [0.5, 0.6) is 11.6 Å². The maximum atomic E-state index is 11.2. The predicted octanol–water partition coefficient (Wildman–Crippen LogP) is 4.56. The topological polar surface area (TPSA) is 80.7 Å². The van der Waals surface area contributed by atoms with Gasteiger partial charge in [0, 0.05) is 29.9 Å². The number of nitrogens with zero attached hydrogens (tertiary/aromatic N) is 1. The molecule has 162 valence electrons. The Hall–Kier alpha value is -3.38. The van der Waals surface area contributed by atoms with Crippen molar-refractivity contribution in [2.45, 2.75) is 26.8 Å². The number of ether oxygens (including phenoxy) is 2. The van der Waals surface area contributed by atoms with Crippen LogP contribution >= 0.6 is 0 Å². The molecule has 0 fully saturated rings. The highest BCUT2D eigenvalue weighted by molar-refractivity contribution is 5.79. The lowest BCUT2D eigenvalue weighted by Crippen LogP contribution is -2.13. The minimum Gasteiger partial charge on any atom is -0.496 e. The van der Waals surface area contributed by atoms with Crippen molar-refractivity contribution in [3.8, 4) is 33.9 Å². The number of carboxylic acids is 1. The molecule has 0 radical (unpaired) electrons. The number of pyridine rings is 1. The van der Waals surface area contributed by atoms with E-state index >= 15 is 0 Å². The van der Waals surface area contributed by atoms with Crippen molar-refractivity contribution in [3.05, 3.63) is 65.9 Å². The number of rotatable bonds is 10. The molecule has 0 spiro atoms. The van der Waals surface area contributed by atoms with E-state index in [2.05, 4.69) is 29.4 Å². The molecule has 0 aliphatic rings. The minimum absolute atomic E-state index is 0.0323. The predicted molar refractivity (Wildman–Crippen MR) is 122 cm³/mol. The monoisotopic (exact) mass is 420 g/mol. The van der Waals surface area contributed by atoms with E-state index in [0.717, 1.165) is 39.9 Å². The Bertz CT molecular complexity index is 1030. The fourth-order valence-corrected chi connectivity index (χ4v) is 3.48. The van der Waals surface area contributed by atoms with Gasteiger partial charge in [-0.1, -0.05) is 25.1 Å². The van der Waals surface area contributed by atoms with Crippen LogP contribution < -0.4 is 14.8 Å². The van der Waals surface area contributed by atoms with Gasteiger partial charge in [0.05, 0.1) is 20.1 Å². The third kappa shape index (κ3) is 5.61. The Morgan fingerprint density at radius 3 is 2.48 bits per heavy atom. The molecule has 31 heavy (non-hydrogen) atoms. The Balaban J connectivity index is 2.05. The Morgan fingerprint density at radius 2 is 1.84 bits per heavy atom. The first kappa shape index (κ1) is 22.3. The summed E-state index contributed by atoms with van der Waals surface area (Å²) in [6, 6.07) is 15.6. The number of hydrogen-bond donors (Lipinski definition) is 2. The van der Waals surface area contributed by atoms with Crippen LogP contribution in [0.2, 0.25) is 0 Å². The number of methoxy groups -OCH3 is 1.